The van der Waals surface area contributed by atoms with Gasteiger partial charge in [-0.25, -0.2) is 8.42 Å². The molecule has 2 unspecified atom stereocenters. The molecule has 2 atom stereocenters. The van der Waals surface area contributed by atoms with Crippen molar-refractivity contribution in [2.45, 2.75) is 12.5 Å². The summed E-state index contributed by atoms with van der Waals surface area (Å²) in [6.07, 6.45) is 0.559. The van der Waals surface area contributed by atoms with Crippen LogP contribution in [0.3, 0.4) is 0 Å². The van der Waals surface area contributed by atoms with E-state index in [1.807, 2.05) is 0 Å². The second-order valence-electron chi connectivity index (χ2n) is 4.70. The molecule has 1 aromatic carbocycles. The Hall–Kier alpha value is -0.490. The maximum atomic E-state index is 11.5. The third-order valence-electron chi connectivity index (χ3n) is 3.41. The van der Waals surface area contributed by atoms with E-state index in [9.17, 15) is 8.42 Å². The van der Waals surface area contributed by atoms with Gasteiger partial charge in [0.05, 0.1) is 23.6 Å². The molecule has 0 saturated carbocycles. The first-order chi connectivity index (χ1) is 8.84. The van der Waals surface area contributed by atoms with Crippen molar-refractivity contribution in [3.05, 3.63) is 27.7 Å². The van der Waals surface area contributed by atoms with Crippen LogP contribution in [0.15, 0.2) is 12.1 Å². The fraction of sp³-hybridized carbons (Fsp3) is 0.500. The Morgan fingerprint density at radius 2 is 2.05 bits per heavy atom. The molecule has 0 amide bonds. The monoisotopic (exact) mass is 323 g/mol. The molecule has 1 aromatic rings. The molecule has 2 rings (SSSR count). The Labute approximate surface area is 122 Å². The van der Waals surface area contributed by atoms with Gasteiger partial charge in [-0.3, -0.25) is 0 Å². The normalized spacial score (nSPS) is 23.3. The van der Waals surface area contributed by atoms with E-state index in [0.29, 0.717) is 27.8 Å². The second kappa shape index (κ2) is 5.48. The Kier molecular flexibility index (Phi) is 4.30. The number of methoxy groups -OCH3 is 1. The summed E-state index contributed by atoms with van der Waals surface area (Å²) in [4.78, 5) is 0. The van der Waals surface area contributed by atoms with Crippen LogP contribution < -0.4 is 10.5 Å². The smallest absolute Gasteiger partial charge is 0.150 e. The molecule has 1 aliphatic rings. The molecule has 106 valence electrons. The lowest BCUT2D eigenvalue weighted by atomic mass is 9.93. The Balaban J connectivity index is 2.29. The Morgan fingerprint density at radius 3 is 2.58 bits per heavy atom. The summed E-state index contributed by atoms with van der Waals surface area (Å²) in [7, 11) is -1.46. The lowest BCUT2D eigenvalue weighted by molar-refractivity contribution is 0.414. The molecule has 0 bridgehead atoms. The van der Waals surface area contributed by atoms with Crippen molar-refractivity contribution in [2.75, 3.05) is 18.6 Å². The second-order valence-corrected chi connectivity index (χ2v) is 7.74. The molecule has 7 heteroatoms. The number of hydrogen-bond donors (Lipinski definition) is 1. The fourth-order valence-corrected chi connectivity index (χ4v) is 4.70. The van der Waals surface area contributed by atoms with Crippen molar-refractivity contribution in [1.82, 2.24) is 0 Å². The molecule has 2 N–H and O–H groups in total. The third-order valence-corrected chi connectivity index (χ3v) is 5.82. The highest BCUT2D eigenvalue weighted by molar-refractivity contribution is 7.91. The highest BCUT2D eigenvalue weighted by atomic mass is 35.5. The van der Waals surface area contributed by atoms with Gasteiger partial charge in [0.25, 0.3) is 0 Å². The van der Waals surface area contributed by atoms with E-state index >= 15 is 0 Å². The van der Waals surface area contributed by atoms with E-state index in [2.05, 4.69) is 0 Å². The van der Waals surface area contributed by atoms with Crippen molar-refractivity contribution in [3.63, 3.8) is 0 Å². The first-order valence-electron chi connectivity index (χ1n) is 5.83. The minimum absolute atomic E-state index is 0.105. The Morgan fingerprint density at radius 1 is 1.37 bits per heavy atom. The first-order valence-corrected chi connectivity index (χ1v) is 8.40. The SMILES string of the molecule is COc1cc(Cl)c(C(N)C2CCS(=O)(=O)C2)cc1Cl. The molecule has 0 aliphatic carbocycles. The number of nitrogens with two attached hydrogens (primary N) is 1. The van der Waals surface area contributed by atoms with Gasteiger partial charge in [-0.15, -0.1) is 0 Å². The quantitative estimate of drug-likeness (QED) is 0.927. The molecule has 1 heterocycles. The van der Waals surface area contributed by atoms with Crippen LogP contribution in [0.4, 0.5) is 0 Å². The topological polar surface area (TPSA) is 69.4 Å². The van der Waals surface area contributed by atoms with Crippen LogP contribution in [0.1, 0.15) is 18.0 Å². The number of halogens is 2. The van der Waals surface area contributed by atoms with Crippen LogP contribution in [0.5, 0.6) is 5.75 Å². The summed E-state index contributed by atoms with van der Waals surface area (Å²) in [5.41, 5.74) is 6.80. The van der Waals surface area contributed by atoms with Gasteiger partial charge < -0.3 is 10.5 Å². The van der Waals surface area contributed by atoms with Crippen molar-refractivity contribution < 1.29 is 13.2 Å². The molecule has 19 heavy (non-hydrogen) atoms. The average molecular weight is 324 g/mol. The molecule has 1 fully saturated rings. The van der Waals surface area contributed by atoms with E-state index in [4.69, 9.17) is 33.7 Å². The summed E-state index contributed by atoms with van der Waals surface area (Å²) in [6, 6.07) is 2.81. The number of rotatable bonds is 3. The van der Waals surface area contributed by atoms with Crippen LogP contribution >= 0.6 is 23.2 Å². The predicted molar refractivity (Wildman–Crippen MR) is 76.7 cm³/mol. The van der Waals surface area contributed by atoms with Gasteiger partial charge in [0, 0.05) is 17.1 Å². The van der Waals surface area contributed by atoms with E-state index < -0.39 is 15.9 Å². The molecule has 1 saturated heterocycles. The number of hydrogen-bond acceptors (Lipinski definition) is 4. The molecule has 4 nitrogen and oxygen atoms in total. The summed E-state index contributed by atoms with van der Waals surface area (Å²) in [6.45, 7) is 0. The zero-order valence-electron chi connectivity index (χ0n) is 10.4. The maximum Gasteiger partial charge on any atom is 0.150 e. The van der Waals surface area contributed by atoms with Gasteiger partial charge in [-0.2, -0.15) is 0 Å². The fourth-order valence-electron chi connectivity index (χ4n) is 2.32. The molecular weight excluding hydrogens is 309 g/mol. The molecular formula is C12H15Cl2NO3S. The zero-order chi connectivity index (χ0) is 14.2. The highest BCUT2D eigenvalue weighted by Crippen LogP contribution is 2.38. The maximum absolute atomic E-state index is 11.5. The Bertz CT molecular complexity index is 589. The van der Waals surface area contributed by atoms with Crippen molar-refractivity contribution in [2.24, 2.45) is 11.7 Å². The molecule has 0 aromatic heterocycles. The van der Waals surface area contributed by atoms with Crippen molar-refractivity contribution in [3.8, 4) is 5.75 Å². The number of ether oxygens (including phenoxy) is 1. The summed E-state index contributed by atoms with van der Waals surface area (Å²) >= 11 is 12.2. The number of sulfone groups is 1. The van der Waals surface area contributed by atoms with Crippen LogP contribution in [0, 0.1) is 5.92 Å². The summed E-state index contributed by atoms with van der Waals surface area (Å²) in [5.74, 6) is 0.648. The van der Waals surface area contributed by atoms with Crippen molar-refractivity contribution in [1.29, 1.82) is 0 Å². The minimum Gasteiger partial charge on any atom is -0.495 e. The molecule has 0 radical (unpaired) electrons. The number of benzene rings is 1. The van der Waals surface area contributed by atoms with E-state index in [1.165, 1.54) is 7.11 Å². The summed E-state index contributed by atoms with van der Waals surface area (Å²) in [5, 5.41) is 0.858. The lowest BCUT2D eigenvalue weighted by Crippen LogP contribution is -2.22. The average Bonchev–Trinajstić information content (AvgIpc) is 2.71. The van der Waals surface area contributed by atoms with Gasteiger partial charge in [0.15, 0.2) is 9.84 Å². The van der Waals surface area contributed by atoms with Crippen LogP contribution in [0.2, 0.25) is 10.0 Å². The minimum atomic E-state index is -2.97. The lowest BCUT2D eigenvalue weighted by Gasteiger charge is -2.20. The zero-order valence-corrected chi connectivity index (χ0v) is 12.7. The van der Waals surface area contributed by atoms with Crippen molar-refractivity contribution >= 4 is 33.0 Å². The van der Waals surface area contributed by atoms with Crippen LogP contribution in [-0.2, 0) is 9.84 Å². The van der Waals surface area contributed by atoms with Gasteiger partial charge in [-0.1, -0.05) is 23.2 Å². The van der Waals surface area contributed by atoms with Gasteiger partial charge in [-0.05, 0) is 24.0 Å². The van der Waals surface area contributed by atoms with Crippen LogP contribution in [0.25, 0.3) is 0 Å². The highest BCUT2D eigenvalue weighted by Gasteiger charge is 2.33. The standard InChI is InChI=1S/C12H15Cl2NO3S/c1-18-11-5-9(13)8(4-10(11)14)12(15)7-2-3-19(16,17)6-7/h4-5,7,12H,2-3,6,15H2,1H3. The van der Waals surface area contributed by atoms with E-state index in [-0.39, 0.29) is 17.4 Å². The third kappa shape index (κ3) is 3.16. The van der Waals surface area contributed by atoms with Gasteiger partial charge >= 0.3 is 0 Å². The molecule has 0 spiro atoms. The predicted octanol–water partition coefficient (Wildman–Crippen LogP) is 2.44. The van der Waals surface area contributed by atoms with E-state index in [0.717, 1.165) is 0 Å². The van der Waals surface area contributed by atoms with Gasteiger partial charge in [0.1, 0.15) is 5.75 Å². The van der Waals surface area contributed by atoms with Gasteiger partial charge in [0.2, 0.25) is 0 Å². The van der Waals surface area contributed by atoms with Crippen LogP contribution in [-0.4, -0.2) is 27.0 Å². The summed E-state index contributed by atoms with van der Waals surface area (Å²) < 4.78 is 28.1. The largest absolute Gasteiger partial charge is 0.495 e. The van der Waals surface area contributed by atoms with E-state index in [1.54, 1.807) is 12.1 Å². The molecule has 1 aliphatic heterocycles. The first kappa shape index (κ1) is 14.9.